The predicted molar refractivity (Wildman–Crippen MR) is 104 cm³/mol. The fraction of sp³-hybridized carbons (Fsp3) is 0.682. The lowest BCUT2D eigenvalue weighted by Gasteiger charge is -2.34. The minimum absolute atomic E-state index is 0.0306. The first-order valence-electron chi connectivity index (χ1n) is 10.5. The van der Waals surface area contributed by atoms with Gasteiger partial charge in [-0.3, -0.25) is 9.69 Å². The van der Waals surface area contributed by atoms with E-state index in [0.717, 1.165) is 13.0 Å². The van der Waals surface area contributed by atoms with Crippen LogP contribution < -0.4 is 11.1 Å². The van der Waals surface area contributed by atoms with Crippen molar-refractivity contribution in [3.05, 3.63) is 35.4 Å². The molecule has 1 aliphatic heterocycles. The van der Waals surface area contributed by atoms with Gasteiger partial charge in [-0.1, -0.05) is 30.7 Å². The van der Waals surface area contributed by atoms with Gasteiger partial charge in [0, 0.05) is 25.2 Å². The van der Waals surface area contributed by atoms with Gasteiger partial charge >= 0.3 is 0 Å². The second-order valence-corrected chi connectivity index (χ2v) is 8.74. The Hall–Kier alpha value is -1.39. The van der Waals surface area contributed by atoms with Crippen LogP contribution >= 0.6 is 0 Å². The number of hydrogen-bond acceptors (Lipinski definition) is 3. The zero-order valence-corrected chi connectivity index (χ0v) is 16.0. The van der Waals surface area contributed by atoms with Crippen molar-refractivity contribution in [3.8, 4) is 0 Å². The van der Waals surface area contributed by atoms with Crippen LogP contribution in [-0.4, -0.2) is 29.4 Å². The number of likely N-dealkylation sites (tertiary alicyclic amines) is 1. The van der Waals surface area contributed by atoms with Crippen molar-refractivity contribution in [2.24, 2.45) is 23.5 Å². The van der Waals surface area contributed by atoms with Crippen LogP contribution in [0, 0.1) is 17.8 Å². The summed E-state index contributed by atoms with van der Waals surface area (Å²) in [7, 11) is 0. The van der Waals surface area contributed by atoms with Crippen molar-refractivity contribution in [2.45, 2.75) is 70.6 Å². The van der Waals surface area contributed by atoms with Gasteiger partial charge < -0.3 is 11.1 Å². The third-order valence-electron chi connectivity index (χ3n) is 7.17. The molecule has 1 saturated heterocycles. The van der Waals surface area contributed by atoms with Crippen LogP contribution in [0.1, 0.15) is 56.6 Å². The predicted octanol–water partition coefficient (Wildman–Crippen LogP) is 3.05. The Balaban J connectivity index is 1.38. The van der Waals surface area contributed by atoms with Crippen molar-refractivity contribution < 1.29 is 4.79 Å². The maximum absolute atomic E-state index is 12.8. The highest BCUT2D eigenvalue weighted by Gasteiger charge is 2.48. The molecule has 4 nitrogen and oxygen atoms in total. The first-order chi connectivity index (χ1) is 12.6. The molecule has 2 saturated carbocycles. The standard InChI is InChI=1S/C22H33N3O/c1-15-6-4-5-11-25(15)14-19-8-3-2-7-18(19)13-24-22(26)20-16-9-10-17(12-16)21(20)23/h2-3,7-8,15-17,20-21H,4-6,9-14,23H2,1H3,(H,24,26). The fourth-order valence-corrected chi connectivity index (χ4v) is 5.52. The first kappa shape index (κ1) is 18.0. The number of nitrogens with two attached hydrogens (primary N) is 1. The Morgan fingerprint density at radius 3 is 2.65 bits per heavy atom. The van der Waals surface area contributed by atoms with Gasteiger partial charge in [0.25, 0.3) is 0 Å². The van der Waals surface area contributed by atoms with Crippen molar-refractivity contribution in [2.75, 3.05) is 6.54 Å². The number of fused-ring (bicyclic) bond motifs is 2. The van der Waals surface area contributed by atoms with Crippen molar-refractivity contribution in [1.29, 1.82) is 0 Å². The lowest BCUT2D eigenvalue weighted by molar-refractivity contribution is -0.127. The summed E-state index contributed by atoms with van der Waals surface area (Å²) in [5.41, 5.74) is 8.93. The second-order valence-electron chi connectivity index (χ2n) is 8.74. The largest absolute Gasteiger partial charge is 0.352 e. The third kappa shape index (κ3) is 3.54. The highest BCUT2D eigenvalue weighted by Crippen LogP contribution is 2.47. The Kier molecular flexibility index (Phi) is 5.32. The lowest BCUT2D eigenvalue weighted by Crippen LogP contribution is -2.45. The Morgan fingerprint density at radius 1 is 1.15 bits per heavy atom. The fourth-order valence-electron chi connectivity index (χ4n) is 5.52. The molecule has 1 heterocycles. The summed E-state index contributed by atoms with van der Waals surface area (Å²) in [6, 6.07) is 9.28. The number of hydrogen-bond donors (Lipinski definition) is 2. The quantitative estimate of drug-likeness (QED) is 0.853. The molecule has 5 atom stereocenters. The zero-order chi connectivity index (χ0) is 18.1. The van der Waals surface area contributed by atoms with E-state index in [9.17, 15) is 4.79 Å². The molecule has 0 radical (unpaired) electrons. The summed E-state index contributed by atoms with van der Waals surface area (Å²) in [4.78, 5) is 15.4. The van der Waals surface area contributed by atoms with E-state index < -0.39 is 0 Å². The topological polar surface area (TPSA) is 58.4 Å². The Morgan fingerprint density at radius 2 is 1.92 bits per heavy atom. The smallest absolute Gasteiger partial charge is 0.225 e. The minimum Gasteiger partial charge on any atom is -0.352 e. The summed E-state index contributed by atoms with van der Waals surface area (Å²) in [5.74, 6) is 1.29. The van der Waals surface area contributed by atoms with Crippen molar-refractivity contribution in [1.82, 2.24) is 10.2 Å². The van der Waals surface area contributed by atoms with E-state index in [2.05, 4.69) is 41.4 Å². The van der Waals surface area contributed by atoms with Crippen LogP contribution in [0.25, 0.3) is 0 Å². The summed E-state index contributed by atoms with van der Waals surface area (Å²) < 4.78 is 0. The Bertz CT molecular complexity index is 644. The van der Waals surface area contributed by atoms with E-state index in [1.165, 1.54) is 49.8 Å². The summed E-state index contributed by atoms with van der Waals surface area (Å²) >= 11 is 0. The van der Waals surface area contributed by atoms with Crippen LogP contribution in [-0.2, 0) is 17.9 Å². The normalized spacial score (nSPS) is 34.2. The van der Waals surface area contributed by atoms with E-state index in [0.29, 0.717) is 24.4 Å². The van der Waals surface area contributed by atoms with Crippen LogP contribution in [0.5, 0.6) is 0 Å². The van der Waals surface area contributed by atoms with Crippen LogP contribution in [0.4, 0.5) is 0 Å². The highest BCUT2D eigenvalue weighted by molar-refractivity contribution is 5.80. The molecule has 3 N–H and O–H groups in total. The van der Waals surface area contributed by atoms with Crippen LogP contribution in [0.15, 0.2) is 24.3 Å². The van der Waals surface area contributed by atoms with Gasteiger partial charge in [-0.05, 0) is 68.5 Å². The molecular formula is C22H33N3O. The van der Waals surface area contributed by atoms with E-state index >= 15 is 0 Å². The molecule has 1 amide bonds. The van der Waals surface area contributed by atoms with Gasteiger partial charge in [-0.15, -0.1) is 0 Å². The SMILES string of the molecule is CC1CCCCN1Cc1ccccc1CNC(=O)C1C2CCC(C2)C1N. The number of nitrogens with zero attached hydrogens (tertiary/aromatic N) is 1. The average Bonchev–Trinajstić information content (AvgIpc) is 3.24. The summed E-state index contributed by atoms with van der Waals surface area (Å²) in [6.45, 7) is 5.13. The summed E-state index contributed by atoms with van der Waals surface area (Å²) in [5, 5.41) is 3.21. The number of carbonyl (C=O) groups is 1. The summed E-state index contributed by atoms with van der Waals surface area (Å²) in [6.07, 6.45) is 7.49. The molecule has 4 rings (SSSR count). The molecule has 2 aliphatic carbocycles. The highest BCUT2D eigenvalue weighted by atomic mass is 16.1. The first-order valence-corrected chi connectivity index (χ1v) is 10.5. The number of piperidine rings is 1. The Labute approximate surface area is 157 Å². The van der Waals surface area contributed by atoms with E-state index in [-0.39, 0.29) is 17.9 Å². The van der Waals surface area contributed by atoms with Crippen molar-refractivity contribution >= 4 is 5.91 Å². The molecule has 1 aromatic carbocycles. The number of carbonyl (C=O) groups excluding carboxylic acids is 1. The van der Waals surface area contributed by atoms with Crippen LogP contribution in [0.3, 0.4) is 0 Å². The second kappa shape index (κ2) is 7.69. The molecule has 0 aromatic heterocycles. The number of rotatable bonds is 5. The molecule has 2 bridgehead atoms. The number of amides is 1. The van der Waals surface area contributed by atoms with E-state index in [1.807, 2.05) is 0 Å². The molecule has 142 valence electrons. The lowest BCUT2D eigenvalue weighted by atomic mass is 9.84. The molecule has 0 spiro atoms. The third-order valence-corrected chi connectivity index (χ3v) is 7.17. The van der Waals surface area contributed by atoms with Gasteiger partial charge in [0.05, 0.1) is 5.92 Å². The van der Waals surface area contributed by atoms with E-state index in [4.69, 9.17) is 5.73 Å². The van der Waals surface area contributed by atoms with Crippen molar-refractivity contribution in [3.63, 3.8) is 0 Å². The van der Waals surface area contributed by atoms with E-state index in [1.54, 1.807) is 0 Å². The molecular weight excluding hydrogens is 322 g/mol. The molecule has 1 aromatic rings. The molecule has 4 heteroatoms. The van der Waals surface area contributed by atoms with Crippen LogP contribution in [0.2, 0.25) is 0 Å². The van der Waals surface area contributed by atoms with Gasteiger partial charge in [-0.25, -0.2) is 0 Å². The van der Waals surface area contributed by atoms with Gasteiger partial charge in [0.15, 0.2) is 0 Å². The molecule has 3 aliphatic rings. The number of nitrogens with one attached hydrogen (secondary N) is 1. The minimum atomic E-state index is 0.0306. The maximum Gasteiger partial charge on any atom is 0.225 e. The maximum atomic E-state index is 12.8. The monoisotopic (exact) mass is 355 g/mol. The van der Waals surface area contributed by atoms with Gasteiger partial charge in [0.2, 0.25) is 5.91 Å². The number of benzene rings is 1. The zero-order valence-electron chi connectivity index (χ0n) is 16.0. The molecule has 3 fully saturated rings. The van der Waals surface area contributed by atoms with Gasteiger partial charge in [0.1, 0.15) is 0 Å². The molecule has 26 heavy (non-hydrogen) atoms. The molecule has 5 unspecified atom stereocenters. The average molecular weight is 356 g/mol. The van der Waals surface area contributed by atoms with Gasteiger partial charge in [-0.2, -0.15) is 0 Å².